The molecule has 1 saturated heterocycles. The number of rotatable bonds is 5. The number of hydrogen-bond acceptors (Lipinski definition) is 2. The molecule has 0 aliphatic carbocycles. The third kappa shape index (κ3) is 3.65. The molecule has 1 aliphatic rings. The van der Waals surface area contributed by atoms with Gasteiger partial charge in [0.15, 0.2) is 0 Å². The molecule has 1 fully saturated rings. The van der Waals surface area contributed by atoms with Crippen LogP contribution in [0.5, 0.6) is 0 Å². The van der Waals surface area contributed by atoms with Gasteiger partial charge in [0.2, 0.25) is 0 Å². The van der Waals surface area contributed by atoms with Crippen molar-refractivity contribution in [2.75, 3.05) is 20.2 Å². The highest BCUT2D eigenvalue weighted by atomic mass is 16.5. The quantitative estimate of drug-likeness (QED) is 0.709. The van der Waals surface area contributed by atoms with E-state index >= 15 is 0 Å². The molecule has 1 heterocycles. The van der Waals surface area contributed by atoms with Crippen molar-refractivity contribution in [2.24, 2.45) is 5.92 Å². The van der Waals surface area contributed by atoms with Crippen molar-refractivity contribution in [2.45, 2.75) is 45.1 Å². The van der Waals surface area contributed by atoms with Crippen LogP contribution in [0.25, 0.3) is 0 Å². The van der Waals surface area contributed by atoms with Crippen LogP contribution in [0.15, 0.2) is 0 Å². The van der Waals surface area contributed by atoms with E-state index in [1.165, 1.54) is 32.1 Å². The predicted octanol–water partition coefficient (Wildman–Crippen LogP) is 2.19. The zero-order chi connectivity index (χ0) is 9.52. The summed E-state index contributed by atoms with van der Waals surface area (Å²) >= 11 is 0. The Morgan fingerprint density at radius 1 is 1.46 bits per heavy atom. The minimum absolute atomic E-state index is 0.529. The fraction of sp³-hybridized carbons (Fsp3) is 1.00. The van der Waals surface area contributed by atoms with Gasteiger partial charge >= 0.3 is 0 Å². The second kappa shape index (κ2) is 6.39. The molecule has 78 valence electrons. The van der Waals surface area contributed by atoms with E-state index in [4.69, 9.17) is 4.74 Å². The molecule has 0 aromatic heterocycles. The van der Waals surface area contributed by atoms with Gasteiger partial charge in [-0.05, 0) is 32.2 Å². The summed E-state index contributed by atoms with van der Waals surface area (Å²) in [5.74, 6) is 0.755. The standard InChI is InChI=1S/C11H23NO/c1-3-4-7-11-10(9-12-2)6-5-8-13-11/h10-12H,3-9H2,1-2H3. The van der Waals surface area contributed by atoms with E-state index < -0.39 is 0 Å². The molecular weight excluding hydrogens is 162 g/mol. The fourth-order valence-electron chi connectivity index (χ4n) is 2.12. The molecule has 0 aromatic carbocycles. The van der Waals surface area contributed by atoms with Crippen molar-refractivity contribution in [3.05, 3.63) is 0 Å². The van der Waals surface area contributed by atoms with Crippen molar-refractivity contribution in [1.82, 2.24) is 5.32 Å². The highest BCUT2D eigenvalue weighted by Gasteiger charge is 2.24. The summed E-state index contributed by atoms with van der Waals surface area (Å²) in [5, 5.41) is 3.26. The summed E-state index contributed by atoms with van der Waals surface area (Å²) in [6.07, 6.45) is 6.96. The van der Waals surface area contributed by atoms with Gasteiger partial charge in [-0.15, -0.1) is 0 Å². The molecule has 2 nitrogen and oxygen atoms in total. The Balaban J connectivity index is 2.28. The van der Waals surface area contributed by atoms with Gasteiger partial charge in [-0.3, -0.25) is 0 Å². The minimum atomic E-state index is 0.529. The summed E-state index contributed by atoms with van der Waals surface area (Å²) in [6.45, 7) is 4.35. The second-order valence-electron chi connectivity index (χ2n) is 4.01. The van der Waals surface area contributed by atoms with E-state index in [-0.39, 0.29) is 0 Å². The fourth-order valence-corrected chi connectivity index (χ4v) is 2.12. The maximum absolute atomic E-state index is 5.81. The molecule has 1 aliphatic heterocycles. The lowest BCUT2D eigenvalue weighted by Crippen LogP contribution is -2.35. The normalized spacial score (nSPS) is 29.1. The number of nitrogens with one attached hydrogen (secondary N) is 1. The molecule has 2 heteroatoms. The number of hydrogen-bond donors (Lipinski definition) is 1. The lowest BCUT2D eigenvalue weighted by atomic mass is 9.91. The zero-order valence-corrected chi connectivity index (χ0v) is 9.01. The summed E-state index contributed by atoms with van der Waals surface area (Å²) in [5.41, 5.74) is 0. The Labute approximate surface area is 82.0 Å². The largest absolute Gasteiger partial charge is 0.378 e. The van der Waals surface area contributed by atoms with E-state index in [2.05, 4.69) is 12.2 Å². The molecule has 1 N–H and O–H groups in total. The van der Waals surface area contributed by atoms with E-state index in [1.807, 2.05) is 7.05 Å². The molecule has 0 saturated carbocycles. The lowest BCUT2D eigenvalue weighted by Gasteiger charge is -2.31. The van der Waals surface area contributed by atoms with E-state index in [0.29, 0.717) is 6.10 Å². The molecule has 2 atom stereocenters. The smallest absolute Gasteiger partial charge is 0.0615 e. The third-order valence-electron chi connectivity index (χ3n) is 2.89. The maximum Gasteiger partial charge on any atom is 0.0615 e. The number of unbranched alkanes of at least 4 members (excludes halogenated alkanes) is 1. The zero-order valence-electron chi connectivity index (χ0n) is 9.01. The van der Waals surface area contributed by atoms with E-state index in [1.54, 1.807) is 0 Å². The van der Waals surface area contributed by atoms with Gasteiger partial charge in [-0.1, -0.05) is 19.8 Å². The van der Waals surface area contributed by atoms with Gasteiger partial charge in [0.05, 0.1) is 6.10 Å². The Bertz CT molecular complexity index is 125. The van der Waals surface area contributed by atoms with Crippen LogP contribution in [0.3, 0.4) is 0 Å². The van der Waals surface area contributed by atoms with Crippen LogP contribution in [0.2, 0.25) is 0 Å². The molecule has 0 spiro atoms. The van der Waals surface area contributed by atoms with Crippen LogP contribution < -0.4 is 5.32 Å². The van der Waals surface area contributed by atoms with Crippen molar-refractivity contribution < 1.29 is 4.74 Å². The summed E-state index contributed by atoms with van der Waals surface area (Å²) in [6, 6.07) is 0. The van der Waals surface area contributed by atoms with Gasteiger partial charge in [-0.25, -0.2) is 0 Å². The second-order valence-corrected chi connectivity index (χ2v) is 4.01. The monoisotopic (exact) mass is 185 g/mol. The van der Waals surface area contributed by atoms with Crippen molar-refractivity contribution in [1.29, 1.82) is 0 Å². The van der Waals surface area contributed by atoms with Crippen molar-refractivity contribution >= 4 is 0 Å². The van der Waals surface area contributed by atoms with E-state index in [9.17, 15) is 0 Å². The maximum atomic E-state index is 5.81. The highest BCUT2D eigenvalue weighted by Crippen LogP contribution is 2.23. The summed E-state index contributed by atoms with van der Waals surface area (Å²) in [7, 11) is 2.03. The first-order valence-corrected chi connectivity index (χ1v) is 5.64. The first-order chi connectivity index (χ1) is 6.38. The van der Waals surface area contributed by atoms with Gasteiger partial charge in [0.1, 0.15) is 0 Å². The van der Waals surface area contributed by atoms with Crippen molar-refractivity contribution in [3.8, 4) is 0 Å². The molecule has 0 radical (unpaired) electrons. The van der Waals surface area contributed by atoms with Gasteiger partial charge in [0, 0.05) is 13.2 Å². The van der Waals surface area contributed by atoms with Crippen LogP contribution in [-0.4, -0.2) is 26.3 Å². The Morgan fingerprint density at radius 2 is 2.31 bits per heavy atom. The van der Waals surface area contributed by atoms with Crippen molar-refractivity contribution in [3.63, 3.8) is 0 Å². The molecule has 13 heavy (non-hydrogen) atoms. The average Bonchev–Trinajstić information content (AvgIpc) is 2.17. The molecule has 0 aromatic rings. The topological polar surface area (TPSA) is 21.3 Å². The SMILES string of the molecule is CCCCC1OCCCC1CNC. The van der Waals surface area contributed by atoms with Crippen LogP contribution in [0.1, 0.15) is 39.0 Å². The van der Waals surface area contributed by atoms with Gasteiger partial charge in [-0.2, -0.15) is 0 Å². The minimum Gasteiger partial charge on any atom is -0.378 e. The van der Waals surface area contributed by atoms with Crippen LogP contribution in [-0.2, 0) is 4.74 Å². The van der Waals surface area contributed by atoms with Crippen LogP contribution in [0.4, 0.5) is 0 Å². The molecule has 0 amide bonds. The first kappa shape index (κ1) is 11.0. The number of ether oxygens (including phenoxy) is 1. The predicted molar refractivity (Wildman–Crippen MR) is 55.9 cm³/mol. The van der Waals surface area contributed by atoms with Gasteiger partial charge in [0.25, 0.3) is 0 Å². The lowest BCUT2D eigenvalue weighted by molar-refractivity contribution is -0.0306. The highest BCUT2D eigenvalue weighted by molar-refractivity contribution is 4.75. The summed E-state index contributed by atoms with van der Waals surface area (Å²) in [4.78, 5) is 0. The van der Waals surface area contributed by atoms with Crippen LogP contribution in [0, 0.1) is 5.92 Å². The Kier molecular flexibility index (Phi) is 5.40. The van der Waals surface area contributed by atoms with Crippen LogP contribution >= 0.6 is 0 Å². The Hall–Kier alpha value is -0.0800. The summed E-state index contributed by atoms with van der Waals surface area (Å²) < 4.78 is 5.81. The molecule has 0 bridgehead atoms. The first-order valence-electron chi connectivity index (χ1n) is 5.64. The molecule has 1 rings (SSSR count). The third-order valence-corrected chi connectivity index (χ3v) is 2.89. The molecule has 2 unspecified atom stereocenters. The van der Waals surface area contributed by atoms with Gasteiger partial charge < -0.3 is 10.1 Å². The average molecular weight is 185 g/mol. The van der Waals surface area contributed by atoms with E-state index in [0.717, 1.165) is 19.1 Å². The Morgan fingerprint density at radius 3 is 3.00 bits per heavy atom. The molecular formula is C11H23NO.